The van der Waals surface area contributed by atoms with Gasteiger partial charge in [0.25, 0.3) is 0 Å². The van der Waals surface area contributed by atoms with Crippen molar-refractivity contribution in [1.29, 1.82) is 0 Å². The smallest absolute Gasteiger partial charge is 0.209 e. The van der Waals surface area contributed by atoms with Crippen molar-refractivity contribution in [3.05, 3.63) is 101 Å². The molecule has 0 bridgehead atoms. The van der Waals surface area contributed by atoms with Crippen LogP contribution in [0, 0.1) is 6.92 Å². The normalized spacial score (nSPS) is 18.0. The molecule has 4 rings (SSSR count). The molecule has 0 fully saturated rings. The first-order valence-electron chi connectivity index (χ1n) is 15.6. The van der Waals surface area contributed by atoms with Crippen molar-refractivity contribution in [2.24, 2.45) is 0 Å². The minimum Gasteiger partial charge on any atom is -0.344 e. The summed E-state index contributed by atoms with van der Waals surface area (Å²) in [6, 6.07) is 12.9. The third-order valence-electron chi connectivity index (χ3n) is 8.75. The molecule has 0 spiro atoms. The number of hydrogen-bond acceptors (Lipinski definition) is 6. The monoisotopic (exact) mass is 615 g/mol. The van der Waals surface area contributed by atoms with E-state index < -0.39 is 0 Å². The number of hydrogen-bond donors (Lipinski definition) is 1. The SMILES string of the molecule is CCN1C(=CC=CC=CC=CC2=[N+](CCCCCC(C)=O)c3ccc(C)cc3C2(C)C)C(C)(C)c2cc(SOOO)ccc21. The van der Waals surface area contributed by atoms with Gasteiger partial charge in [0, 0.05) is 58.8 Å². The van der Waals surface area contributed by atoms with Gasteiger partial charge in [-0.15, -0.1) is 4.33 Å². The molecule has 2 aromatic carbocycles. The molecule has 44 heavy (non-hydrogen) atoms. The largest absolute Gasteiger partial charge is 0.344 e. The molecule has 2 aliphatic rings. The first-order chi connectivity index (χ1) is 21.0. The minimum atomic E-state index is -0.191. The average Bonchev–Trinajstić information content (AvgIpc) is 3.32. The van der Waals surface area contributed by atoms with Crippen LogP contribution in [0.3, 0.4) is 0 Å². The number of unbranched alkanes of at least 4 members (excludes halogenated alkanes) is 2. The molecule has 6 nitrogen and oxygen atoms in total. The number of fused-ring (bicyclic) bond motifs is 2. The molecule has 0 amide bonds. The van der Waals surface area contributed by atoms with E-state index >= 15 is 0 Å². The van der Waals surface area contributed by atoms with Crippen molar-refractivity contribution in [1.82, 2.24) is 0 Å². The summed E-state index contributed by atoms with van der Waals surface area (Å²) in [6.45, 7) is 16.9. The summed E-state index contributed by atoms with van der Waals surface area (Å²) in [7, 11) is 0. The van der Waals surface area contributed by atoms with Gasteiger partial charge < -0.3 is 9.69 Å². The standard InChI is InChI=1S/C37H46N2O4S/c1-8-38-32-23-21-29(44-43-42-41)26-31(32)37(6,7)34(38)18-14-10-9-11-15-19-35-36(4,5)30-25-27(2)20-22-33(30)39(35)24-16-12-13-17-28(3)40/h9-11,14-15,18-23,25-26H,8,12-13,16-17,24H2,1-7H3/p+1. The van der Waals surface area contributed by atoms with Gasteiger partial charge in [-0.1, -0.05) is 60.9 Å². The van der Waals surface area contributed by atoms with Crippen LogP contribution in [0.2, 0.25) is 0 Å². The zero-order valence-electron chi connectivity index (χ0n) is 27.2. The highest BCUT2D eigenvalue weighted by Gasteiger charge is 2.44. The van der Waals surface area contributed by atoms with E-state index in [1.807, 2.05) is 6.07 Å². The summed E-state index contributed by atoms with van der Waals surface area (Å²) in [6.07, 6.45) is 18.7. The van der Waals surface area contributed by atoms with E-state index in [0.29, 0.717) is 6.42 Å². The third kappa shape index (κ3) is 7.35. The fourth-order valence-electron chi connectivity index (χ4n) is 6.44. The molecule has 0 unspecified atom stereocenters. The van der Waals surface area contributed by atoms with Crippen molar-refractivity contribution in [2.75, 3.05) is 18.0 Å². The summed E-state index contributed by atoms with van der Waals surface area (Å²) >= 11 is 0.983. The van der Waals surface area contributed by atoms with E-state index in [-0.39, 0.29) is 16.6 Å². The lowest BCUT2D eigenvalue weighted by Crippen LogP contribution is -2.28. The molecule has 2 heterocycles. The number of nitrogens with zero attached hydrogens (tertiary/aromatic N) is 2. The van der Waals surface area contributed by atoms with Crippen molar-refractivity contribution in [2.45, 2.75) is 89.9 Å². The Bertz CT molecular complexity index is 1510. The maximum atomic E-state index is 11.4. The number of carbonyl (C=O) groups excluding carboxylic acids is 1. The van der Waals surface area contributed by atoms with Crippen molar-refractivity contribution >= 4 is 34.9 Å². The van der Waals surface area contributed by atoms with Crippen LogP contribution in [-0.2, 0) is 25.0 Å². The first kappa shape index (κ1) is 33.7. The van der Waals surface area contributed by atoms with Crippen LogP contribution in [0.4, 0.5) is 11.4 Å². The first-order valence-corrected chi connectivity index (χ1v) is 16.3. The quantitative estimate of drug-likeness (QED) is 0.0571. The van der Waals surface area contributed by atoms with Gasteiger partial charge in [-0.25, -0.2) is 5.26 Å². The molecule has 0 saturated heterocycles. The molecule has 0 atom stereocenters. The number of carbonyl (C=O) groups is 1. The lowest BCUT2D eigenvalue weighted by Gasteiger charge is -2.25. The lowest BCUT2D eigenvalue weighted by atomic mass is 9.81. The highest BCUT2D eigenvalue weighted by Crippen LogP contribution is 2.48. The predicted octanol–water partition coefficient (Wildman–Crippen LogP) is 9.32. The number of likely N-dealkylation sites (N-methyl/N-ethyl adjacent to an activating group) is 1. The van der Waals surface area contributed by atoms with Crippen molar-refractivity contribution < 1.29 is 24.0 Å². The predicted molar refractivity (Wildman–Crippen MR) is 182 cm³/mol. The molecular weight excluding hydrogens is 568 g/mol. The molecule has 0 saturated carbocycles. The Morgan fingerprint density at radius 1 is 0.955 bits per heavy atom. The number of Topliss-reactive ketones (excluding diaryl/α,β-unsaturated/α-hetero) is 1. The fraction of sp³-hybridized carbons (Fsp3) is 0.405. The molecule has 2 aromatic rings. The van der Waals surface area contributed by atoms with Crippen LogP contribution in [0.25, 0.3) is 0 Å². The summed E-state index contributed by atoms with van der Waals surface area (Å²) in [5.74, 6) is 0.273. The van der Waals surface area contributed by atoms with Gasteiger partial charge in [-0.3, -0.25) is 0 Å². The zero-order chi connectivity index (χ0) is 31.9. The van der Waals surface area contributed by atoms with Crippen molar-refractivity contribution in [3.63, 3.8) is 0 Å². The second-order valence-electron chi connectivity index (χ2n) is 12.7. The molecular formula is C37H47N2O4S+. The molecule has 0 aliphatic carbocycles. The van der Waals surface area contributed by atoms with E-state index in [9.17, 15) is 4.79 Å². The number of allylic oxidation sites excluding steroid dienone is 8. The van der Waals surface area contributed by atoms with E-state index in [2.05, 4.69) is 133 Å². The molecule has 7 heteroatoms. The minimum absolute atomic E-state index is 0.0897. The lowest BCUT2D eigenvalue weighted by molar-refractivity contribution is -0.438. The molecule has 1 N–H and O–H groups in total. The second kappa shape index (κ2) is 14.7. The Morgan fingerprint density at radius 3 is 2.43 bits per heavy atom. The van der Waals surface area contributed by atoms with Gasteiger partial charge in [0.1, 0.15) is 12.3 Å². The van der Waals surface area contributed by atoms with Crippen LogP contribution < -0.4 is 4.90 Å². The van der Waals surface area contributed by atoms with Crippen LogP contribution in [0.15, 0.2) is 89.5 Å². The second-order valence-corrected chi connectivity index (χ2v) is 13.4. The van der Waals surface area contributed by atoms with E-state index in [1.165, 1.54) is 39.5 Å². The van der Waals surface area contributed by atoms with E-state index in [0.717, 1.165) is 49.3 Å². The molecule has 0 radical (unpaired) electrons. The number of ketones is 1. The number of aryl methyl sites for hydroxylation is 1. The van der Waals surface area contributed by atoms with Gasteiger partial charge >= 0.3 is 0 Å². The third-order valence-corrected chi connectivity index (χ3v) is 9.33. The van der Waals surface area contributed by atoms with Crippen molar-refractivity contribution in [3.8, 4) is 0 Å². The van der Waals surface area contributed by atoms with Gasteiger partial charge in [-0.2, -0.15) is 4.58 Å². The number of benzene rings is 2. The van der Waals surface area contributed by atoms with Crippen LogP contribution >= 0.6 is 12.0 Å². The summed E-state index contributed by atoms with van der Waals surface area (Å²) in [4.78, 5) is 14.6. The average molecular weight is 616 g/mol. The molecule has 234 valence electrons. The maximum absolute atomic E-state index is 11.4. The molecule has 0 aromatic heterocycles. The summed E-state index contributed by atoms with van der Waals surface area (Å²) in [5, 5.41) is 12.3. The number of rotatable bonds is 14. The summed E-state index contributed by atoms with van der Waals surface area (Å²) < 4.78 is 7.12. The number of anilines is 1. The van der Waals surface area contributed by atoms with Gasteiger partial charge in [0.15, 0.2) is 5.71 Å². The van der Waals surface area contributed by atoms with Gasteiger partial charge in [0.05, 0.1) is 17.5 Å². The topological polar surface area (TPSA) is 62.0 Å². The zero-order valence-corrected chi connectivity index (χ0v) is 28.0. The Kier molecular flexibility index (Phi) is 11.2. The summed E-state index contributed by atoms with van der Waals surface area (Å²) in [5.41, 5.74) is 8.59. The fourth-order valence-corrected chi connectivity index (χ4v) is 6.84. The van der Waals surface area contributed by atoms with Crippen LogP contribution in [0.5, 0.6) is 0 Å². The highest BCUT2D eigenvalue weighted by atomic mass is 32.2. The Morgan fingerprint density at radius 2 is 1.70 bits per heavy atom. The van der Waals surface area contributed by atoms with Gasteiger partial charge in [-0.05, 0) is 83.4 Å². The molecule has 2 aliphatic heterocycles. The Labute approximate surface area is 267 Å². The van der Waals surface area contributed by atoms with E-state index in [1.54, 1.807) is 6.92 Å². The van der Waals surface area contributed by atoms with Crippen LogP contribution in [-0.4, -0.2) is 34.4 Å². The Balaban J connectivity index is 1.49. The maximum Gasteiger partial charge on any atom is 0.209 e. The Hall–Kier alpha value is -3.23. The highest BCUT2D eigenvalue weighted by molar-refractivity contribution is 7.94. The van der Waals surface area contributed by atoms with Crippen LogP contribution in [0.1, 0.15) is 83.9 Å². The van der Waals surface area contributed by atoms with E-state index in [4.69, 9.17) is 5.26 Å². The van der Waals surface area contributed by atoms with Gasteiger partial charge in [0.2, 0.25) is 5.69 Å².